The van der Waals surface area contributed by atoms with Gasteiger partial charge in [0.2, 0.25) is 0 Å². The zero-order valence-electron chi connectivity index (χ0n) is 11.8. The topological polar surface area (TPSA) is 38.1 Å². The van der Waals surface area contributed by atoms with E-state index in [-0.39, 0.29) is 0 Å². The first-order valence-electron chi connectivity index (χ1n) is 7.28. The van der Waals surface area contributed by atoms with Crippen LogP contribution in [0.1, 0.15) is 31.9 Å². The van der Waals surface area contributed by atoms with Crippen LogP contribution in [0.2, 0.25) is 0 Å². The number of nitrogens with one attached hydrogen (secondary N) is 1. The number of pyridine rings is 1. The van der Waals surface area contributed by atoms with Gasteiger partial charge in [-0.2, -0.15) is 0 Å². The smallest absolute Gasteiger partial charge is 0.136 e. The minimum atomic E-state index is 0.743. The molecule has 1 aliphatic rings. The molecule has 1 fully saturated rings. The Labute approximate surface area is 119 Å². The molecule has 104 valence electrons. The van der Waals surface area contributed by atoms with Crippen LogP contribution >= 0.6 is 0 Å². The Hall–Kier alpha value is -1.87. The molecule has 0 atom stereocenters. The maximum absolute atomic E-state index is 5.88. The van der Waals surface area contributed by atoms with Crippen LogP contribution in [0.4, 0.5) is 0 Å². The molecule has 2 heterocycles. The Morgan fingerprint density at radius 1 is 1.40 bits per heavy atom. The molecule has 0 amide bonds. The Morgan fingerprint density at radius 3 is 3.00 bits per heavy atom. The molecule has 1 aliphatic carbocycles. The van der Waals surface area contributed by atoms with Gasteiger partial charge in [0.15, 0.2) is 0 Å². The molecule has 1 saturated carbocycles. The molecule has 3 heteroatoms. The van der Waals surface area contributed by atoms with Crippen molar-refractivity contribution < 1.29 is 4.42 Å². The summed E-state index contributed by atoms with van der Waals surface area (Å²) in [7, 11) is 0. The summed E-state index contributed by atoms with van der Waals surface area (Å²) in [4.78, 5) is 4.12. The first kappa shape index (κ1) is 13.1. The molecule has 0 spiro atoms. The van der Waals surface area contributed by atoms with Gasteiger partial charge in [0, 0.05) is 30.5 Å². The zero-order valence-corrected chi connectivity index (χ0v) is 11.8. The van der Waals surface area contributed by atoms with E-state index in [1.165, 1.54) is 18.4 Å². The van der Waals surface area contributed by atoms with Gasteiger partial charge in [-0.1, -0.05) is 12.5 Å². The SMILES string of the molecule is CCC(=Cc1ccc(-c2cccnc2)o1)CNC1CC1. The molecule has 0 radical (unpaired) electrons. The number of nitrogens with zero attached hydrogens (tertiary/aromatic N) is 1. The summed E-state index contributed by atoms with van der Waals surface area (Å²) >= 11 is 0. The minimum Gasteiger partial charge on any atom is -0.457 e. The van der Waals surface area contributed by atoms with E-state index in [1.807, 2.05) is 30.5 Å². The van der Waals surface area contributed by atoms with Crippen LogP contribution in [0.25, 0.3) is 17.4 Å². The number of aromatic nitrogens is 1. The van der Waals surface area contributed by atoms with Crippen molar-refractivity contribution in [2.24, 2.45) is 0 Å². The summed E-state index contributed by atoms with van der Waals surface area (Å²) < 4.78 is 5.88. The molecule has 0 unspecified atom stereocenters. The van der Waals surface area contributed by atoms with Gasteiger partial charge >= 0.3 is 0 Å². The Bertz CT molecular complexity index is 582. The van der Waals surface area contributed by atoms with Crippen LogP contribution < -0.4 is 5.32 Å². The van der Waals surface area contributed by atoms with Gasteiger partial charge in [0.25, 0.3) is 0 Å². The molecule has 0 aliphatic heterocycles. The van der Waals surface area contributed by atoms with E-state index in [0.29, 0.717) is 0 Å². The van der Waals surface area contributed by atoms with Gasteiger partial charge in [0.05, 0.1) is 0 Å². The third-order valence-corrected chi connectivity index (χ3v) is 3.57. The second-order valence-electron chi connectivity index (χ2n) is 5.26. The van der Waals surface area contributed by atoms with Crippen LogP contribution in [-0.2, 0) is 0 Å². The molecular weight excluding hydrogens is 248 g/mol. The molecule has 2 aromatic heterocycles. The predicted octanol–water partition coefficient (Wildman–Crippen LogP) is 3.89. The fraction of sp³-hybridized carbons (Fsp3) is 0.353. The van der Waals surface area contributed by atoms with E-state index in [1.54, 1.807) is 6.20 Å². The van der Waals surface area contributed by atoms with Gasteiger partial charge in [-0.15, -0.1) is 0 Å². The Balaban J connectivity index is 1.71. The van der Waals surface area contributed by atoms with Crippen molar-refractivity contribution in [1.82, 2.24) is 10.3 Å². The minimum absolute atomic E-state index is 0.743. The quantitative estimate of drug-likeness (QED) is 0.863. The number of furan rings is 1. The van der Waals surface area contributed by atoms with Crippen LogP contribution in [-0.4, -0.2) is 17.6 Å². The molecule has 3 nitrogen and oxygen atoms in total. The largest absolute Gasteiger partial charge is 0.457 e. The Kier molecular flexibility index (Phi) is 3.97. The third-order valence-electron chi connectivity index (χ3n) is 3.57. The van der Waals surface area contributed by atoms with Gasteiger partial charge in [0.1, 0.15) is 11.5 Å². The van der Waals surface area contributed by atoms with Crippen molar-refractivity contribution in [1.29, 1.82) is 0 Å². The Morgan fingerprint density at radius 2 is 2.30 bits per heavy atom. The standard InChI is InChI=1S/C17H20N2O/c1-2-13(11-19-15-5-6-15)10-16-7-8-17(20-16)14-4-3-9-18-12-14/h3-4,7-10,12,15,19H,2,5-6,11H2,1H3. The maximum atomic E-state index is 5.88. The van der Waals surface area contributed by atoms with Crippen molar-refractivity contribution in [2.45, 2.75) is 32.2 Å². The lowest BCUT2D eigenvalue weighted by Crippen LogP contribution is -2.18. The predicted molar refractivity (Wildman–Crippen MR) is 81.2 cm³/mol. The highest BCUT2D eigenvalue weighted by Crippen LogP contribution is 2.23. The molecular formula is C17H20N2O. The van der Waals surface area contributed by atoms with E-state index >= 15 is 0 Å². The van der Waals surface area contributed by atoms with Crippen molar-refractivity contribution in [3.8, 4) is 11.3 Å². The summed E-state index contributed by atoms with van der Waals surface area (Å²) in [6.07, 6.45) is 9.43. The average molecular weight is 268 g/mol. The first-order chi connectivity index (χ1) is 9.85. The number of hydrogen-bond donors (Lipinski definition) is 1. The lowest BCUT2D eigenvalue weighted by Gasteiger charge is -2.05. The van der Waals surface area contributed by atoms with Crippen LogP contribution in [0.5, 0.6) is 0 Å². The van der Waals surface area contributed by atoms with Gasteiger partial charge < -0.3 is 9.73 Å². The number of hydrogen-bond acceptors (Lipinski definition) is 3. The van der Waals surface area contributed by atoms with E-state index in [2.05, 4.69) is 23.3 Å². The molecule has 1 N–H and O–H groups in total. The molecule has 0 aromatic carbocycles. The molecule has 3 rings (SSSR count). The summed E-state index contributed by atoms with van der Waals surface area (Å²) in [6, 6.07) is 8.70. The maximum Gasteiger partial charge on any atom is 0.136 e. The highest BCUT2D eigenvalue weighted by molar-refractivity contribution is 5.59. The molecule has 2 aromatic rings. The van der Waals surface area contributed by atoms with Gasteiger partial charge in [-0.05, 0) is 49.6 Å². The van der Waals surface area contributed by atoms with Crippen LogP contribution in [0.15, 0.2) is 46.6 Å². The van der Waals surface area contributed by atoms with Crippen LogP contribution in [0.3, 0.4) is 0 Å². The monoisotopic (exact) mass is 268 g/mol. The summed E-state index contributed by atoms with van der Waals surface area (Å²) in [6.45, 7) is 3.15. The summed E-state index contributed by atoms with van der Waals surface area (Å²) in [5, 5.41) is 3.55. The highest BCUT2D eigenvalue weighted by Gasteiger charge is 2.20. The summed E-state index contributed by atoms with van der Waals surface area (Å²) in [5.74, 6) is 1.79. The molecule has 0 saturated heterocycles. The van der Waals surface area contributed by atoms with E-state index in [0.717, 1.165) is 36.1 Å². The van der Waals surface area contributed by atoms with E-state index in [4.69, 9.17) is 4.42 Å². The van der Waals surface area contributed by atoms with Gasteiger partial charge in [-0.3, -0.25) is 4.98 Å². The van der Waals surface area contributed by atoms with E-state index < -0.39 is 0 Å². The van der Waals surface area contributed by atoms with Crippen molar-refractivity contribution in [3.63, 3.8) is 0 Å². The average Bonchev–Trinajstić information content (AvgIpc) is 3.21. The van der Waals surface area contributed by atoms with E-state index in [9.17, 15) is 0 Å². The normalized spacial score (nSPS) is 15.6. The molecule has 0 bridgehead atoms. The second kappa shape index (κ2) is 6.06. The third kappa shape index (κ3) is 3.36. The van der Waals surface area contributed by atoms with Crippen LogP contribution in [0, 0.1) is 0 Å². The van der Waals surface area contributed by atoms with Crippen molar-refractivity contribution >= 4 is 6.08 Å². The summed E-state index contributed by atoms with van der Waals surface area (Å²) in [5.41, 5.74) is 2.39. The lowest BCUT2D eigenvalue weighted by molar-refractivity contribution is 0.570. The fourth-order valence-corrected chi connectivity index (χ4v) is 2.14. The molecule has 20 heavy (non-hydrogen) atoms. The lowest BCUT2D eigenvalue weighted by atomic mass is 10.1. The highest BCUT2D eigenvalue weighted by atomic mass is 16.3. The number of rotatable bonds is 6. The first-order valence-corrected chi connectivity index (χ1v) is 7.28. The van der Waals surface area contributed by atoms with Gasteiger partial charge in [-0.25, -0.2) is 0 Å². The second-order valence-corrected chi connectivity index (χ2v) is 5.26. The fourth-order valence-electron chi connectivity index (χ4n) is 2.14. The van der Waals surface area contributed by atoms with Crippen molar-refractivity contribution in [2.75, 3.05) is 6.54 Å². The zero-order chi connectivity index (χ0) is 13.8. The van der Waals surface area contributed by atoms with Crippen molar-refractivity contribution in [3.05, 3.63) is 48.0 Å².